The Morgan fingerprint density at radius 1 is 1.44 bits per heavy atom. The summed E-state index contributed by atoms with van der Waals surface area (Å²) in [6.45, 7) is 0.633. The summed E-state index contributed by atoms with van der Waals surface area (Å²) in [5.41, 5.74) is 5.37. The average Bonchev–Trinajstić information content (AvgIpc) is 2.23. The van der Waals surface area contributed by atoms with Gasteiger partial charge in [-0.2, -0.15) is 0 Å². The van der Waals surface area contributed by atoms with Gasteiger partial charge in [0, 0.05) is 28.6 Å². The third-order valence-corrected chi connectivity index (χ3v) is 3.65. The number of nitrogens with one attached hydrogen (secondary N) is 1. The number of carboxylic acid groups (broad SMARTS) is 1. The van der Waals surface area contributed by atoms with Crippen LogP contribution in [-0.2, 0) is 9.59 Å². The van der Waals surface area contributed by atoms with E-state index in [1.165, 1.54) is 0 Å². The van der Waals surface area contributed by atoms with Crippen molar-refractivity contribution in [2.45, 2.75) is 31.7 Å². The van der Waals surface area contributed by atoms with E-state index >= 15 is 0 Å². The third kappa shape index (κ3) is 8.31. The molecule has 0 aromatic heterocycles. The fourth-order valence-electron chi connectivity index (χ4n) is 1.05. The fraction of sp³-hybridized carbons (Fsp3) is 0.778. The van der Waals surface area contributed by atoms with Crippen LogP contribution in [0.15, 0.2) is 0 Å². The molecule has 0 aromatic rings. The van der Waals surface area contributed by atoms with E-state index in [-0.39, 0.29) is 17.6 Å². The molecule has 16 heavy (non-hydrogen) atoms. The Labute approximate surface area is 113 Å². The van der Waals surface area contributed by atoms with Gasteiger partial charge in [0.2, 0.25) is 5.12 Å². The van der Waals surface area contributed by atoms with Crippen molar-refractivity contribution in [3.05, 3.63) is 0 Å². The number of hydrogen-bond acceptors (Lipinski definition) is 5. The first kappa shape index (κ1) is 16.1. The van der Waals surface area contributed by atoms with Gasteiger partial charge in [0.15, 0.2) is 0 Å². The summed E-state index contributed by atoms with van der Waals surface area (Å²) in [6.07, 6.45) is 2.58. The molecule has 0 aromatic carbocycles. The third-order valence-electron chi connectivity index (χ3n) is 1.92. The molecule has 94 valence electrons. The smallest absolute Gasteiger partial charge is 0.304 e. The lowest BCUT2D eigenvalue weighted by molar-refractivity contribution is -0.136. The molecule has 0 fully saturated rings. The normalized spacial score (nSPS) is 12.4. The van der Waals surface area contributed by atoms with Gasteiger partial charge in [0.1, 0.15) is 0 Å². The minimum Gasteiger partial charge on any atom is -0.481 e. The molecule has 1 atom stereocenters. The second kappa shape index (κ2) is 10.3. The molecule has 0 aliphatic heterocycles. The van der Waals surface area contributed by atoms with E-state index < -0.39 is 5.97 Å². The maximum absolute atomic E-state index is 11.6. The summed E-state index contributed by atoms with van der Waals surface area (Å²) in [4.78, 5) is 21.9. The van der Waals surface area contributed by atoms with Gasteiger partial charge in [0.25, 0.3) is 0 Å². The lowest BCUT2D eigenvalue weighted by atomic mass is 10.1. The molecule has 0 rings (SSSR count). The van der Waals surface area contributed by atoms with Crippen molar-refractivity contribution in [2.24, 2.45) is 5.73 Å². The topological polar surface area (TPSA) is 92.4 Å². The first-order valence-electron chi connectivity index (χ1n) is 5.06. The lowest BCUT2D eigenvalue weighted by Crippen LogP contribution is -2.28. The molecular weight excluding hydrogens is 343 g/mol. The molecule has 0 heterocycles. The minimum absolute atomic E-state index is 0.00710. The van der Waals surface area contributed by atoms with Crippen molar-refractivity contribution >= 4 is 45.7 Å². The predicted octanol–water partition coefficient (Wildman–Crippen LogP) is 1.16. The number of carbonyl (C=O) groups is 2. The van der Waals surface area contributed by atoms with Crippen molar-refractivity contribution in [1.82, 2.24) is 3.53 Å². The molecule has 0 radical (unpaired) electrons. The molecule has 0 bridgehead atoms. The number of halogens is 1. The SMILES string of the molecule is NCCCC[C@H](NI)C(=O)SCCC(=O)O. The predicted molar refractivity (Wildman–Crippen MR) is 73.6 cm³/mol. The maximum Gasteiger partial charge on any atom is 0.304 e. The van der Waals surface area contributed by atoms with Crippen molar-refractivity contribution in [3.8, 4) is 0 Å². The summed E-state index contributed by atoms with van der Waals surface area (Å²) in [5.74, 6) is -0.540. The first-order chi connectivity index (χ1) is 7.61. The van der Waals surface area contributed by atoms with Crippen LogP contribution in [0.25, 0.3) is 0 Å². The molecule has 0 aliphatic rings. The van der Waals surface area contributed by atoms with Gasteiger partial charge in [-0.1, -0.05) is 18.2 Å². The molecule has 4 N–H and O–H groups in total. The van der Waals surface area contributed by atoms with E-state index in [4.69, 9.17) is 10.8 Å². The Morgan fingerprint density at radius 2 is 2.12 bits per heavy atom. The first-order valence-corrected chi connectivity index (χ1v) is 7.13. The molecule has 5 nitrogen and oxygen atoms in total. The Kier molecular flexibility index (Phi) is 10.4. The summed E-state index contributed by atoms with van der Waals surface area (Å²) >= 11 is 3.03. The maximum atomic E-state index is 11.6. The quantitative estimate of drug-likeness (QED) is 0.325. The standard InChI is InChI=1S/C9H17IN2O3S/c10-12-7(3-1-2-5-11)9(15)16-6-4-8(13)14/h7,12H,1-6,11H2,(H,13,14)/t7-/m0/s1. The second-order valence-electron chi connectivity index (χ2n) is 3.26. The zero-order chi connectivity index (χ0) is 12.4. The number of rotatable bonds is 9. The van der Waals surface area contributed by atoms with Crippen molar-refractivity contribution < 1.29 is 14.7 Å². The van der Waals surface area contributed by atoms with Gasteiger partial charge in [-0.15, -0.1) is 0 Å². The van der Waals surface area contributed by atoms with Crippen LogP contribution in [0.3, 0.4) is 0 Å². The zero-order valence-corrected chi connectivity index (χ0v) is 11.9. The van der Waals surface area contributed by atoms with Crippen LogP contribution in [0.5, 0.6) is 0 Å². The largest absolute Gasteiger partial charge is 0.481 e. The van der Waals surface area contributed by atoms with E-state index in [1.54, 1.807) is 0 Å². The van der Waals surface area contributed by atoms with E-state index in [0.29, 0.717) is 12.3 Å². The average molecular weight is 360 g/mol. The molecular formula is C9H17IN2O3S. The highest BCUT2D eigenvalue weighted by Crippen LogP contribution is 2.13. The summed E-state index contributed by atoms with van der Waals surface area (Å²) in [7, 11) is 0. The van der Waals surface area contributed by atoms with Crippen LogP contribution >= 0.6 is 34.6 Å². The zero-order valence-electron chi connectivity index (χ0n) is 8.95. The van der Waals surface area contributed by atoms with Crippen molar-refractivity contribution in [2.75, 3.05) is 12.3 Å². The number of thioether (sulfide) groups is 1. The number of carbonyl (C=O) groups excluding carboxylic acids is 1. The van der Waals surface area contributed by atoms with Crippen molar-refractivity contribution in [3.63, 3.8) is 0 Å². The monoisotopic (exact) mass is 360 g/mol. The Balaban J connectivity index is 3.77. The van der Waals surface area contributed by atoms with Crippen LogP contribution in [0.4, 0.5) is 0 Å². The van der Waals surface area contributed by atoms with Gasteiger partial charge in [-0.25, -0.2) is 3.53 Å². The van der Waals surface area contributed by atoms with E-state index in [9.17, 15) is 9.59 Å². The highest BCUT2D eigenvalue weighted by Gasteiger charge is 2.17. The molecule has 0 amide bonds. The molecule has 0 unspecified atom stereocenters. The molecule has 0 aliphatic carbocycles. The molecule has 0 saturated heterocycles. The highest BCUT2D eigenvalue weighted by atomic mass is 127. The highest BCUT2D eigenvalue weighted by molar-refractivity contribution is 14.1. The van der Waals surface area contributed by atoms with Crippen molar-refractivity contribution in [1.29, 1.82) is 0 Å². The fourth-order valence-corrected chi connectivity index (χ4v) is 2.71. The number of unbranched alkanes of at least 4 members (excludes halogenated alkanes) is 1. The van der Waals surface area contributed by atoms with Crippen LogP contribution in [0, 0.1) is 0 Å². The molecule has 0 saturated carbocycles. The number of nitrogens with two attached hydrogens (primary N) is 1. The van der Waals surface area contributed by atoms with E-state index in [2.05, 4.69) is 3.53 Å². The minimum atomic E-state index is -0.873. The number of hydrogen-bond donors (Lipinski definition) is 3. The van der Waals surface area contributed by atoms with E-state index in [1.807, 2.05) is 22.9 Å². The Morgan fingerprint density at radius 3 is 2.62 bits per heavy atom. The Hall–Kier alpha value is 0.140. The van der Waals surface area contributed by atoms with Gasteiger partial charge in [-0.05, 0) is 19.4 Å². The summed E-state index contributed by atoms with van der Waals surface area (Å²) in [5, 5.41) is 8.45. The number of aliphatic carboxylic acids is 1. The van der Waals surface area contributed by atoms with Crippen LogP contribution in [-0.4, -0.2) is 34.5 Å². The summed E-state index contributed by atoms with van der Waals surface area (Å²) < 4.78 is 2.91. The second-order valence-corrected chi connectivity index (χ2v) is 4.98. The number of carboxylic acids is 1. The Bertz CT molecular complexity index is 229. The van der Waals surface area contributed by atoms with Gasteiger partial charge < -0.3 is 10.8 Å². The van der Waals surface area contributed by atoms with E-state index in [0.717, 1.165) is 31.0 Å². The van der Waals surface area contributed by atoms with Gasteiger partial charge in [-0.3, -0.25) is 9.59 Å². The van der Waals surface area contributed by atoms with Crippen LogP contribution in [0.2, 0.25) is 0 Å². The van der Waals surface area contributed by atoms with Gasteiger partial charge >= 0.3 is 5.97 Å². The molecule has 0 spiro atoms. The molecule has 7 heteroatoms. The van der Waals surface area contributed by atoms with Gasteiger partial charge in [0.05, 0.1) is 12.5 Å². The van der Waals surface area contributed by atoms with Crippen LogP contribution in [0.1, 0.15) is 25.7 Å². The van der Waals surface area contributed by atoms with Crippen LogP contribution < -0.4 is 9.26 Å². The lowest BCUT2D eigenvalue weighted by Gasteiger charge is -2.12. The summed E-state index contributed by atoms with van der Waals surface area (Å²) in [6, 6.07) is -0.203.